The van der Waals surface area contributed by atoms with Crippen LogP contribution in [0.4, 0.5) is 14.5 Å². The van der Waals surface area contributed by atoms with Gasteiger partial charge in [-0.2, -0.15) is 0 Å². The van der Waals surface area contributed by atoms with Crippen molar-refractivity contribution in [3.8, 4) is 0 Å². The summed E-state index contributed by atoms with van der Waals surface area (Å²) in [6, 6.07) is 4.48. The first kappa shape index (κ1) is 15.5. The number of halogens is 2. The van der Waals surface area contributed by atoms with E-state index in [2.05, 4.69) is 9.72 Å². The largest absolute Gasteiger partial charge is 0.464 e. The second-order valence-corrected chi connectivity index (χ2v) is 4.39. The highest BCUT2D eigenvalue weighted by molar-refractivity contribution is 5.91. The molecule has 1 aromatic carbocycles. The van der Waals surface area contributed by atoms with E-state index >= 15 is 0 Å². The Labute approximate surface area is 123 Å². The van der Waals surface area contributed by atoms with Crippen LogP contribution in [0, 0.1) is 21.7 Å². The van der Waals surface area contributed by atoms with E-state index in [0.717, 1.165) is 25.3 Å². The highest BCUT2D eigenvalue weighted by Gasteiger charge is 2.23. The van der Waals surface area contributed by atoms with Gasteiger partial charge in [0, 0.05) is 12.3 Å². The fraction of sp³-hybridized carbons (Fsp3) is 0.143. The van der Waals surface area contributed by atoms with E-state index in [1.165, 1.54) is 12.3 Å². The average Bonchev–Trinajstić information content (AvgIpc) is 2.50. The Balaban J connectivity index is 2.36. The SMILES string of the molecule is COC(=O)c1ncc(Cc2ccc(F)c(F)c2)cc1[N+](=O)[O-]. The first-order valence-electron chi connectivity index (χ1n) is 6.08. The molecule has 1 aromatic heterocycles. The minimum Gasteiger partial charge on any atom is -0.464 e. The van der Waals surface area contributed by atoms with Crippen LogP contribution in [0.15, 0.2) is 30.5 Å². The summed E-state index contributed by atoms with van der Waals surface area (Å²) < 4.78 is 30.4. The van der Waals surface area contributed by atoms with Crippen molar-refractivity contribution in [3.63, 3.8) is 0 Å². The van der Waals surface area contributed by atoms with E-state index in [-0.39, 0.29) is 6.42 Å². The number of ether oxygens (including phenoxy) is 1. The minimum absolute atomic E-state index is 0.104. The fourth-order valence-corrected chi connectivity index (χ4v) is 1.87. The standard InChI is InChI=1S/C14H10F2N2O4/c1-22-14(19)13-12(18(20)21)6-9(7-17-13)4-8-2-3-10(15)11(16)5-8/h2-3,5-7H,4H2,1H3. The van der Waals surface area contributed by atoms with Gasteiger partial charge < -0.3 is 4.74 Å². The number of aromatic nitrogens is 1. The molecule has 0 aliphatic rings. The molecule has 0 aliphatic carbocycles. The zero-order valence-corrected chi connectivity index (χ0v) is 11.4. The Kier molecular flexibility index (Phi) is 4.40. The van der Waals surface area contributed by atoms with Crippen LogP contribution < -0.4 is 0 Å². The summed E-state index contributed by atoms with van der Waals surface area (Å²) in [5.74, 6) is -2.91. The van der Waals surface area contributed by atoms with Crippen LogP contribution in [0.1, 0.15) is 21.6 Å². The maximum absolute atomic E-state index is 13.1. The van der Waals surface area contributed by atoms with Crippen molar-refractivity contribution in [1.29, 1.82) is 0 Å². The van der Waals surface area contributed by atoms with Crippen LogP contribution in [0.3, 0.4) is 0 Å². The Hall–Kier alpha value is -2.90. The van der Waals surface area contributed by atoms with Crippen molar-refractivity contribution in [3.05, 3.63) is 69.0 Å². The molecule has 0 fully saturated rings. The predicted molar refractivity (Wildman–Crippen MR) is 71.4 cm³/mol. The molecule has 6 nitrogen and oxygen atoms in total. The van der Waals surface area contributed by atoms with Crippen molar-refractivity contribution in [2.24, 2.45) is 0 Å². The van der Waals surface area contributed by atoms with Crippen LogP contribution >= 0.6 is 0 Å². The Morgan fingerprint density at radius 3 is 2.59 bits per heavy atom. The third kappa shape index (κ3) is 3.22. The van der Waals surface area contributed by atoms with Crippen LogP contribution in [0.2, 0.25) is 0 Å². The van der Waals surface area contributed by atoms with E-state index < -0.39 is 33.9 Å². The first-order valence-corrected chi connectivity index (χ1v) is 6.08. The summed E-state index contributed by atoms with van der Waals surface area (Å²) in [5.41, 5.74) is -0.125. The van der Waals surface area contributed by atoms with Crippen LogP contribution in [-0.4, -0.2) is 23.0 Å². The van der Waals surface area contributed by atoms with Crippen LogP contribution in [0.25, 0.3) is 0 Å². The van der Waals surface area contributed by atoms with Gasteiger partial charge in [-0.1, -0.05) is 6.07 Å². The third-order valence-electron chi connectivity index (χ3n) is 2.89. The van der Waals surface area contributed by atoms with Gasteiger partial charge in [-0.25, -0.2) is 18.6 Å². The molecule has 0 saturated heterocycles. The maximum atomic E-state index is 13.1. The minimum atomic E-state index is -1.01. The summed E-state index contributed by atoms with van der Waals surface area (Å²) in [6.07, 6.45) is 1.35. The summed E-state index contributed by atoms with van der Waals surface area (Å²) in [7, 11) is 1.09. The first-order chi connectivity index (χ1) is 10.4. The quantitative estimate of drug-likeness (QED) is 0.492. The molecule has 0 radical (unpaired) electrons. The highest BCUT2D eigenvalue weighted by Crippen LogP contribution is 2.21. The predicted octanol–water partition coefficient (Wildman–Crippen LogP) is 2.65. The Bertz CT molecular complexity index is 750. The third-order valence-corrected chi connectivity index (χ3v) is 2.89. The topological polar surface area (TPSA) is 82.3 Å². The molecule has 2 aromatic rings. The van der Waals surface area contributed by atoms with Crippen molar-refractivity contribution in [2.75, 3.05) is 7.11 Å². The zero-order valence-electron chi connectivity index (χ0n) is 11.4. The van der Waals surface area contributed by atoms with Gasteiger partial charge in [0.25, 0.3) is 0 Å². The summed E-state index contributed by atoms with van der Waals surface area (Å²) >= 11 is 0. The van der Waals surface area contributed by atoms with E-state index in [9.17, 15) is 23.7 Å². The molecule has 8 heteroatoms. The summed E-state index contributed by atoms with van der Waals surface area (Å²) in [4.78, 5) is 25.4. The molecule has 0 N–H and O–H groups in total. The average molecular weight is 308 g/mol. The molecule has 1 heterocycles. The molecule has 0 atom stereocenters. The molecule has 0 spiro atoms. The van der Waals surface area contributed by atoms with Crippen molar-refractivity contribution >= 4 is 11.7 Å². The number of nitrogens with zero attached hydrogens (tertiary/aromatic N) is 2. The Morgan fingerprint density at radius 2 is 2.00 bits per heavy atom. The number of rotatable bonds is 4. The molecule has 0 amide bonds. The van der Waals surface area contributed by atoms with E-state index in [4.69, 9.17) is 0 Å². The van der Waals surface area contributed by atoms with Gasteiger partial charge in [0.05, 0.1) is 12.0 Å². The van der Waals surface area contributed by atoms with E-state index in [1.54, 1.807) is 0 Å². The number of carbonyl (C=O) groups excluding carboxylic acids is 1. The van der Waals surface area contributed by atoms with E-state index in [1.807, 2.05) is 0 Å². The number of hydrogen-bond donors (Lipinski definition) is 0. The highest BCUT2D eigenvalue weighted by atomic mass is 19.2. The molecular weight excluding hydrogens is 298 g/mol. The van der Waals surface area contributed by atoms with Gasteiger partial charge in [0.2, 0.25) is 5.69 Å². The van der Waals surface area contributed by atoms with Crippen molar-refractivity contribution in [1.82, 2.24) is 4.98 Å². The molecule has 114 valence electrons. The fourth-order valence-electron chi connectivity index (χ4n) is 1.87. The van der Waals surface area contributed by atoms with Gasteiger partial charge >= 0.3 is 11.7 Å². The molecule has 22 heavy (non-hydrogen) atoms. The van der Waals surface area contributed by atoms with Gasteiger partial charge in [0.1, 0.15) is 0 Å². The lowest BCUT2D eigenvalue weighted by Crippen LogP contribution is -2.09. The van der Waals surface area contributed by atoms with Gasteiger partial charge in [-0.15, -0.1) is 0 Å². The monoisotopic (exact) mass is 308 g/mol. The number of hydrogen-bond acceptors (Lipinski definition) is 5. The smallest absolute Gasteiger partial charge is 0.363 e. The Morgan fingerprint density at radius 1 is 1.27 bits per heavy atom. The second kappa shape index (κ2) is 6.25. The molecular formula is C14H10F2N2O4. The number of esters is 1. The molecule has 0 bridgehead atoms. The molecule has 0 aliphatic heterocycles. The van der Waals surface area contributed by atoms with Crippen LogP contribution in [0.5, 0.6) is 0 Å². The molecule has 0 unspecified atom stereocenters. The number of benzene rings is 1. The molecule has 2 rings (SSSR count). The number of methoxy groups -OCH3 is 1. The van der Waals surface area contributed by atoms with Crippen LogP contribution in [-0.2, 0) is 11.2 Å². The summed E-state index contributed by atoms with van der Waals surface area (Å²) in [5, 5.41) is 11.0. The lowest BCUT2D eigenvalue weighted by molar-refractivity contribution is -0.385. The number of nitro groups is 1. The van der Waals surface area contributed by atoms with E-state index in [0.29, 0.717) is 11.1 Å². The maximum Gasteiger partial charge on any atom is 0.363 e. The second-order valence-electron chi connectivity index (χ2n) is 4.39. The zero-order chi connectivity index (χ0) is 16.3. The normalized spacial score (nSPS) is 10.3. The number of pyridine rings is 1. The summed E-state index contributed by atoms with van der Waals surface area (Å²) in [6.45, 7) is 0. The lowest BCUT2D eigenvalue weighted by atomic mass is 10.1. The number of carbonyl (C=O) groups is 1. The van der Waals surface area contributed by atoms with Gasteiger partial charge in [-0.05, 0) is 29.7 Å². The molecule has 0 saturated carbocycles. The van der Waals surface area contributed by atoms with Gasteiger partial charge in [0.15, 0.2) is 11.6 Å². The van der Waals surface area contributed by atoms with Crippen molar-refractivity contribution < 1.29 is 23.2 Å². The van der Waals surface area contributed by atoms with Crippen molar-refractivity contribution in [2.45, 2.75) is 6.42 Å². The van der Waals surface area contributed by atoms with Gasteiger partial charge in [-0.3, -0.25) is 10.1 Å². The lowest BCUT2D eigenvalue weighted by Gasteiger charge is -2.05.